The smallest absolute Gasteiger partial charge is 0.250 e. The van der Waals surface area contributed by atoms with Gasteiger partial charge in [-0.3, -0.25) is 4.79 Å². The van der Waals surface area contributed by atoms with Crippen molar-refractivity contribution in [3.05, 3.63) is 41.0 Å². The van der Waals surface area contributed by atoms with E-state index in [4.69, 9.17) is 0 Å². The van der Waals surface area contributed by atoms with Crippen molar-refractivity contribution >= 4 is 12.0 Å². The maximum Gasteiger partial charge on any atom is 0.250 e. The van der Waals surface area contributed by atoms with Gasteiger partial charge in [0.2, 0.25) is 5.91 Å². The molecule has 1 aliphatic heterocycles. The van der Waals surface area contributed by atoms with Crippen LogP contribution in [0.1, 0.15) is 50.2 Å². The fourth-order valence-electron chi connectivity index (χ4n) is 3.73. The highest BCUT2D eigenvalue weighted by molar-refractivity contribution is 6.01. The summed E-state index contributed by atoms with van der Waals surface area (Å²) in [6.45, 7) is 5.99. The summed E-state index contributed by atoms with van der Waals surface area (Å²) < 4.78 is 0. The van der Waals surface area contributed by atoms with Crippen molar-refractivity contribution in [2.75, 3.05) is 19.7 Å². The normalized spacial score (nSPS) is 23.1. The average molecular weight is 299 g/mol. The molecule has 1 atom stereocenters. The number of hydrogen-bond donors (Lipinski definition) is 1. The molecule has 1 aromatic carbocycles. The van der Waals surface area contributed by atoms with Crippen LogP contribution in [0.5, 0.6) is 0 Å². The molecule has 1 heterocycles. The maximum atomic E-state index is 12.9. The van der Waals surface area contributed by atoms with Crippen LogP contribution in [-0.4, -0.2) is 35.6 Å². The first-order valence-electron chi connectivity index (χ1n) is 8.31. The van der Waals surface area contributed by atoms with Gasteiger partial charge in [-0.2, -0.15) is 0 Å². The zero-order chi connectivity index (χ0) is 15.7. The number of aliphatic hydroxyl groups is 1. The average Bonchev–Trinajstić information content (AvgIpc) is 2.92. The second kappa shape index (κ2) is 5.88. The van der Waals surface area contributed by atoms with Crippen LogP contribution in [0.25, 0.3) is 6.08 Å². The topological polar surface area (TPSA) is 40.5 Å². The Kier molecular flexibility index (Phi) is 4.09. The Morgan fingerprint density at radius 3 is 2.59 bits per heavy atom. The number of piperidine rings is 1. The molecule has 0 unspecified atom stereocenters. The van der Waals surface area contributed by atoms with Crippen molar-refractivity contribution in [3.8, 4) is 0 Å². The van der Waals surface area contributed by atoms with Gasteiger partial charge < -0.3 is 10.0 Å². The second-order valence-electron chi connectivity index (χ2n) is 6.75. The number of rotatable bonds is 3. The summed E-state index contributed by atoms with van der Waals surface area (Å²) in [5.41, 5.74) is 3.36. The van der Waals surface area contributed by atoms with E-state index in [1.807, 2.05) is 17.0 Å². The lowest BCUT2D eigenvalue weighted by molar-refractivity contribution is -0.130. The van der Waals surface area contributed by atoms with E-state index < -0.39 is 0 Å². The Labute approximate surface area is 132 Å². The quantitative estimate of drug-likeness (QED) is 0.931. The van der Waals surface area contributed by atoms with Crippen molar-refractivity contribution in [3.63, 3.8) is 0 Å². The Morgan fingerprint density at radius 1 is 1.32 bits per heavy atom. The molecule has 1 amide bonds. The minimum atomic E-state index is 0.0232. The third-order valence-electron chi connectivity index (χ3n) is 5.68. The Morgan fingerprint density at radius 2 is 2.00 bits per heavy atom. The third-order valence-corrected chi connectivity index (χ3v) is 5.68. The Hall–Kier alpha value is -1.61. The summed E-state index contributed by atoms with van der Waals surface area (Å²) in [4.78, 5) is 14.8. The number of nitrogens with zero attached hydrogens (tertiary/aromatic N) is 1. The SMILES string of the molecule is CCC1(CO)CCN(C(=O)C2=Cc3ccccc3[C@H]2C)CC1. The van der Waals surface area contributed by atoms with Gasteiger partial charge in [0.1, 0.15) is 0 Å². The van der Waals surface area contributed by atoms with E-state index in [1.165, 1.54) is 11.1 Å². The van der Waals surface area contributed by atoms with Crippen LogP contribution in [0.15, 0.2) is 29.8 Å². The lowest BCUT2D eigenvalue weighted by Gasteiger charge is -2.40. The van der Waals surface area contributed by atoms with Crippen LogP contribution in [0.3, 0.4) is 0 Å². The molecule has 0 aromatic heterocycles. The standard InChI is InChI=1S/C19H25NO2/c1-3-19(13-21)8-10-20(11-9-19)18(22)17-12-15-6-4-5-7-16(15)14(17)2/h4-7,12,14,21H,3,8-11,13H2,1-2H3/t14-/m1/s1. The summed E-state index contributed by atoms with van der Waals surface area (Å²) in [5.74, 6) is 0.353. The zero-order valence-corrected chi connectivity index (χ0v) is 13.5. The van der Waals surface area contributed by atoms with Crippen molar-refractivity contribution < 1.29 is 9.90 Å². The highest BCUT2D eigenvalue weighted by Crippen LogP contribution is 2.39. The van der Waals surface area contributed by atoms with Gasteiger partial charge in [0.05, 0.1) is 0 Å². The molecule has 1 aromatic rings. The van der Waals surface area contributed by atoms with E-state index in [0.717, 1.165) is 37.9 Å². The predicted octanol–water partition coefficient (Wildman–Crippen LogP) is 3.20. The number of fused-ring (bicyclic) bond motifs is 1. The van der Waals surface area contributed by atoms with E-state index in [-0.39, 0.29) is 23.8 Å². The maximum absolute atomic E-state index is 12.9. The molecule has 0 spiro atoms. The molecule has 1 fully saturated rings. The summed E-state index contributed by atoms with van der Waals surface area (Å²) in [6.07, 6.45) is 4.84. The van der Waals surface area contributed by atoms with E-state index in [9.17, 15) is 9.90 Å². The highest BCUT2D eigenvalue weighted by atomic mass is 16.3. The summed E-state index contributed by atoms with van der Waals surface area (Å²) in [5, 5.41) is 9.62. The molecule has 1 saturated heterocycles. The van der Waals surface area contributed by atoms with Crippen LogP contribution in [-0.2, 0) is 4.79 Å². The van der Waals surface area contributed by atoms with Crippen LogP contribution in [0.2, 0.25) is 0 Å². The van der Waals surface area contributed by atoms with Gasteiger partial charge in [-0.05, 0) is 41.9 Å². The molecule has 3 heteroatoms. The Bertz CT molecular complexity index is 591. The second-order valence-corrected chi connectivity index (χ2v) is 6.75. The summed E-state index contributed by atoms with van der Waals surface area (Å²) >= 11 is 0. The number of carbonyl (C=O) groups is 1. The highest BCUT2D eigenvalue weighted by Gasteiger charge is 2.36. The predicted molar refractivity (Wildman–Crippen MR) is 88.5 cm³/mol. The largest absolute Gasteiger partial charge is 0.396 e. The molecular formula is C19H25NO2. The van der Waals surface area contributed by atoms with Crippen LogP contribution in [0.4, 0.5) is 0 Å². The van der Waals surface area contributed by atoms with Crippen molar-refractivity contribution in [2.24, 2.45) is 5.41 Å². The number of hydrogen-bond acceptors (Lipinski definition) is 2. The molecule has 0 saturated carbocycles. The molecule has 3 rings (SSSR count). The van der Waals surface area contributed by atoms with Gasteiger partial charge in [-0.15, -0.1) is 0 Å². The lowest BCUT2D eigenvalue weighted by Crippen LogP contribution is -2.45. The monoisotopic (exact) mass is 299 g/mol. The number of amides is 1. The summed E-state index contributed by atoms with van der Waals surface area (Å²) in [7, 11) is 0. The fraction of sp³-hybridized carbons (Fsp3) is 0.526. The molecule has 118 valence electrons. The van der Waals surface area contributed by atoms with E-state index in [1.54, 1.807) is 0 Å². The molecule has 0 bridgehead atoms. The minimum Gasteiger partial charge on any atom is -0.396 e. The zero-order valence-electron chi connectivity index (χ0n) is 13.5. The molecule has 2 aliphatic rings. The molecule has 1 aliphatic carbocycles. The first-order valence-corrected chi connectivity index (χ1v) is 8.31. The van der Waals surface area contributed by atoms with Crippen molar-refractivity contribution in [2.45, 2.75) is 39.0 Å². The first kappa shape index (κ1) is 15.3. The third kappa shape index (κ3) is 2.48. The number of benzene rings is 1. The molecular weight excluding hydrogens is 274 g/mol. The first-order chi connectivity index (χ1) is 10.6. The van der Waals surface area contributed by atoms with E-state index in [2.05, 4.69) is 32.1 Å². The van der Waals surface area contributed by atoms with Gasteiger partial charge in [0.25, 0.3) is 0 Å². The van der Waals surface area contributed by atoms with Crippen molar-refractivity contribution in [1.29, 1.82) is 0 Å². The number of aliphatic hydroxyl groups excluding tert-OH is 1. The van der Waals surface area contributed by atoms with Crippen molar-refractivity contribution in [1.82, 2.24) is 4.90 Å². The van der Waals surface area contributed by atoms with E-state index >= 15 is 0 Å². The number of carbonyl (C=O) groups excluding carboxylic acids is 1. The molecule has 3 nitrogen and oxygen atoms in total. The Balaban J connectivity index is 1.72. The van der Waals surface area contributed by atoms with Gasteiger partial charge in [-0.1, -0.05) is 38.1 Å². The van der Waals surface area contributed by atoms with E-state index in [0.29, 0.717) is 0 Å². The molecule has 0 radical (unpaired) electrons. The molecule has 1 N–H and O–H groups in total. The molecule has 22 heavy (non-hydrogen) atoms. The van der Waals surface area contributed by atoms with Crippen LogP contribution >= 0.6 is 0 Å². The van der Waals surface area contributed by atoms with Gasteiger partial charge in [0.15, 0.2) is 0 Å². The van der Waals surface area contributed by atoms with Gasteiger partial charge in [0, 0.05) is 31.2 Å². The summed E-state index contributed by atoms with van der Waals surface area (Å²) in [6, 6.07) is 8.25. The fourth-order valence-corrected chi connectivity index (χ4v) is 3.73. The lowest BCUT2D eigenvalue weighted by atomic mass is 9.77. The number of likely N-dealkylation sites (tertiary alicyclic amines) is 1. The van der Waals surface area contributed by atoms with Crippen LogP contribution in [0, 0.1) is 5.41 Å². The van der Waals surface area contributed by atoms with Gasteiger partial charge in [-0.25, -0.2) is 0 Å². The van der Waals surface area contributed by atoms with Gasteiger partial charge >= 0.3 is 0 Å². The minimum absolute atomic E-state index is 0.0232. The van der Waals surface area contributed by atoms with Crippen LogP contribution < -0.4 is 0 Å².